The number of ketones is 2. The van der Waals surface area contributed by atoms with Crippen LogP contribution in [0.2, 0.25) is 0 Å². The molecule has 0 N–H and O–H groups in total. The lowest BCUT2D eigenvalue weighted by Crippen LogP contribution is -2.48. The number of para-hydroxylation sites is 1. The third-order valence-electron chi connectivity index (χ3n) is 10.3. The van der Waals surface area contributed by atoms with E-state index in [2.05, 4.69) is 55.5 Å². The van der Waals surface area contributed by atoms with Crippen LogP contribution in [0.4, 0.5) is 4.39 Å². The van der Waals surface area contributed by atoms with Gasteiger partial charge in [-0.2, -0.15) is 0 Å². The van der Waals surface area contributed by atoms with Crippen LogP contribution in [0.25, 0.3) is 10.9 Å². The Balaban J connectivity index is 1.48. The van der Waals surface area contributed by atoms with Crippen molar-refractivity contribution in [1.29, 1.82) is 0 Å². The van der Waals surface area contributed by atoms with Gasteiger partial charge in [-0.25, -0.2) is 4.39 Å². The number of carbonyl (C=O) groups excluding carboxylic acids is 2. The van der Waals surface area contributed by atoms with Gasteiger partial charge in [-0.1, -0.05) is 83.4 Å². The molecule has 2 heterocycles. The number of Topliss-reactive ketones (excluding diaryl/α,β-unsaturated/α-hetero) is 2. The molecule has 1 saturated carbocycles. The van der Waals surface area contributed by atoms with Crippen molar-refractivity contribution in [2.24, 2.45) is 10.8 Å². The maximum Gasteiger partial charge on any atom is 0.162 e. The van der Waals surface area contributed by atoms with E-state index >= 15 is 0 Å². The van der Waals surface area contributed by atoms with E-state index in [0.717, 1.165) is 64.7 Å². The van der Waals surface area contributed by atoms with Gasteiger partial charge in [0, 0.05) is 70.0 Å². The van der Waals surface area contributed by atoms with Crippen LogP contribution in [-0.4, -0.2) is 27.1 Å². The minimum atomic E-state index is -0.399. The molecule has 0 unspecified atom stereocenters. The number of nitrogens with zero attached hydrogens (tertiary/aromatic N) is 2. The third-order valence-corrected chi connectivity index (χ3v) is 10.3. The van der Waals surface area contributed by atoms with Crippen molar-refractivity contribution in [3.05, 3.63) is 94.2 Å². The zero-order valence-corrected chi connectivity index (χ0v) is 26.0. The monoisotopic (exact) mass is 578 g/mol. The molecule has 0 spiro atoms. The van der Waals surface area contributed by atoms with Gasteiger partial charge in [0.05, 0.1) is 6.54 Å². The minimum Gasteiger partial charge on any atom is -0.345 e. The van der Waals surface area contributed by atoms with Gasteiger partial charge in [0.2, 0.25) is 0 Å². The fraction of sp³-hybridized carbons (Fsp3) is 0.474. The van der Waals surface area contributed by atoms with Gasteiger partial charge in [-0.15, -0.1) is 0 Å². The number of allylic oxidation sites excluding steroid dienone is 4. The number of halogens is 1. The van der Waals surface area contributed by atoms with Crippen LogP contribution >= 0.6 is 0 Å². The summed E-state index contributed by atoms with van der Waals surface area (Å²) < 4.78 is 16.9. The van der Waals surface area contributed by atoms with Gasteiger partial charge >= 0.3 is 0 Å². The highest BCUT2D eigenvalue weighted by atomic mass is 19.1. The number of rotatable bonds is 4. The lowest BCUT2D eigenvalue weighted by Gasteiger charge is -2.52. The average molecular weight is 579 g/mol. The molecule has 1 aliphatic heterocycles. The average Bonchev–Trinajstić information content (AvgIpc) is 3.30. The molecule has 7 rings (SSSR count). The van der Waals surface area contributed by atoms with Crippen molar-refractivity contribution in [3.63, 3.8) is 0 Å². The molecule has 43 heavy (non-hydrogen) atoms. The van der Waals surface area contributed by atoms with Crippen molar-refractivity contribution in [2.75, 3.05) is 0 Å². The van der Waals surface area contributed by atoms with Crippen LogP contribution in [0.3, 0.4) is 0 Å². The molecule has 4 nitrogen and oxygen atoms in total. The highest BCUT2D eigenvalue weighted by Crippen LogP contribution is 2.56. The molecule has 2 aromatic carbocycles. The zero-order chi connectivity index (χ0) is 30.1. The van der Waals surface area contributed by atoms with Gasteiger partial charge < -0.3 is 9.47 Å². The lowest BCUT2D eigenvalue weighted by molar-refractivity contribution is -0.119. The second-order valence-electron chi connectivity index (χ2n) is 15.0. The quantitative estimate of drug-likeness (QED) is 0.311. The summed E-state index contributed by atoms with van der Waals surface area (Å²) in [6.45, 7) is 9.23. The predicted molar refractivity (Wildman–Crippen MR) is 169 cm³/mol. The Labute approximate surface area is 254 Å². The largest absolute Gasteiger partial charge is 0.345 e. The van der Waals surface area contributed by atoms with E-state index in [1.807, 2.05) is 24.3 Å². The van der Waals surface area contributed by atoms with E-state index in [1.165, 1.54) is 25.3 Å². The number of hydrogen-bond acceptors (Lipinski definition) is 3. The first-order valence-electron chi connectivity index (χ1n) is 16.2. The first-order chi connectivity index (χ1) is 20.5. The predicted octanol–water partition coefficient (Wildman–Crippen LogP) is 8.85. The Morgan fingerprint density at radius 2 is 1.35 bits per heavy atom. The van der Waals surface area contributed by atoms with Crippen LogP contribution in [-0.2, 0) is 16.1 Å². The standard InChI is InChI=1S/C38H43FN2O2/c1-37(2)18-30-35(32(42)20-37)34(36-31(19-38(3,4)21-33(36)43)41(30)25-13-6-5-7-14-25)27-23-40(29-17-11-9-15-26(27)29)22-24-12-8-10-16-28(24)39/h8-12,15-17,23,25,34H,5-7,13-14,18-22H2,1-4H3. The molecule has 1 fully saturated rings. The Hall–Kier alpha value is -3.47. The van der Waals surface area contributed by atoms with E-state index in [-0.39, 0.29) is 28.2 Å². The highest BCUT2D eigenvalue weighted by Gasteiger charge is 2.50. The summed E-state index contributed by atoms with van der Waals surface area (Å²) in [6, 6.07) is 15.4. The third kappa shape index (κ3) is 4.89. The molecule has 5 heteroatoms. The number of fused-ring (bicyclic) bond motifs is 1. The minimum absolute atomic E-state index is 0.140. The Morgan fingerprint density at radius 1 is 0.767 bits per heavy atom. The molecule has 4 aliphatic rings. The van der Waals surface area contributed by atoms with Crippen molar-refractivity contribution >= 4 is 22.5 Å². The van der Waals surface area contributed by atoms with Crippen molar-refractivity contribution in [2.45, 2.75) is 104 Å². The first kappa shape index (κ1) is 28.3. The number of carbonyl (C=O) groups is 2. The van der Waals surface area contributed by atoms with E-state index in [1.54, 1.807) is 6.07 Å². The molecule has 224 valence electrons. The Kier molecular flexibility index (Phi) is 6.79. The molecule has 1 aromatic heterocycles. The van der Waals surface area contributed by atoms with Gasteiger partial charge in [-0.05, 0) is 54.2 Å². The van der Waals surface area contributed by atoms with Crippen LogP contribution in [0.5, 0.6) is 0 Å². The SMILES string of the molecule is CC1(C)CC(=O)C2=C(C1)N(C1CCCCC1)C1=C(C(=O)CC(C)(C)C1)C2c1cn(Cc2ccccc2F)c2ccccc12. The molecule has 0 saturated heterocycles. The van der Waals surface area contributed by atoms with Crippen LogP contribution < -0.4 is 0 Å². The van der Waals surface area contributed by atoms with E-state index in [9.17, 15) is 14.0 Å². The van der Waals surface area contributed by atoms with E-state index in [4.69, 9.17) is 0 Å². The maximum atomic E-state index is 14.8. The van der Waals surface area contributed by atoms with Gasteiger partial charge in [0.25, 0.3) is 0 Å². The molecular formula is C38H43FN2O2. The first-order valence-corrected chi connectivity index (χ1v) is 16.2. The van der Waals surface area contributed by atoms with E-state index in [0.29, 0.717) is 31.0 Å². The fourth-order valence-corrected chi connectivity index (χ4v) is 8.53. The molecule has 0 radical (unpaired) electrons. The summed E-state index contributed by atoms with van der Waals surface area (Å²) in [5.74, 6) is -0.282. The van der Waals surface area contributed by atoms with Crippen LogP contribution in [0, 0.1) is 16.6 Å². The summed E-state index contributed by atoms with van der Waals surface area (Å²) in [4.78, 5) is 31.3. The topological polar surface area (TPSA) is 42.3 Å². The van der Waals surface area contributed by atoms with Crippen molar-refractivity contribution < 1.29 is 14.0 Å². The number of benzene rings is 2. The Morgan fingerprint density at radius 3 is 1.98 bits per heavy atom. The van der Waals surface area contributed by atoms with Gasteiger partial charge in [-0.3, -0.25) is 9.59 Å². The summed E-state index contributed by atoms with van der Waals surface area (Å²) >= 11 is 0. The van der Waals surface area contributed by atoms with Crippen LogP contribution in [0.15, 0.2) is 77.3 Å². The normalized spacial score (nSPS) is 22.8. The molecule has 0 bridgehead atoms. The fourth-order valence-electron chi connectivity index (χ4n) is 8.53. The molecule has 3 aliphatic carbocycles. The van der Waals surface area contributed by atoms with Crippen LogP contribution in [0.1, 0.15) is 103 Å². The molecule has 3 aromatic rings. The summed E-state index contributed by atoms with van der Waals surface area (Å²) in [6.07, 6.45) is 10.6. The lowest BCUT2D eigenvalue weighted by atomic mass is 9.63. The number of hydrogen-bond donors (Lipinski definition) is 0. The second kappa shape index (κ2) is 10.3. The summed E-state index contributed by atoms with van der Waals surface area (Å²) in [7, 11) is 0. The van der Waals surface area contributed by atoms with E-state index < -0.39 is 5.92 Å². The molecule has 0 atom stereocenters. The number of aromatic nitrogens is 1. The summed E-state index contributed by atoms with van der Waals surface area (Å²) in [5, 5.41) is 1.03. The van der Waals surface area contributed by atoms with Crippen molar-refractivity contribution in [1.82, 2.24) is 9.47 Å². The molecular weight excluding hydrogens is 535 g/mol. The Bertz CT molecular complexity index is 1640. The van der Waals surface area contributed by atoms with Crippen molar-refractivity contribution in [3.8, 4) is 0 Å². The summed E-state index contributed by atoms with van der Waals surface area (Å²) in [5.41, 5.74) is 6.32. The maximum absolute atomic E-state index is 14.8. The molecule has 0 amide bonds. The second-order valence-corrected chi connectivity index (χ2v) is 15.0. The zero-order valence-electron chi connectivity index (χ0n) is 26.0. The highest BCUT2D eigenvalue weighted by molar-refractivity contribution is 6.08. The van der Waals surface area contributed by atoms with Gasteiger partial charge in [0.1, 0.15) is 5.82 Å². The smallest absolute Gasteiger partial charge is 0.162 e. The van der Waals surface area contributed by atoms with Gasteiger partial charge in [0.15, 0.2) is 11.6 Å².